The van der Waals surface area contributed by atoms with Crippen molar-refractivity contribution < 1.29 is 17.5 Å². The zero-order chi connectivity index (χ0) is 26.3. The van der Waals surface area contributed by atoms with E-state index >= 15 is 0 Å². The number of aromatic nitrogens is 1. The van der Waals surface area contributed by atoms with Gasteiger partial charge in [-0.2, -0.15) is 12.7 Å². The average molecular weight is 522 g/mol. The summed E-state index contributed by atoms with van der Waals surface area (Å²) in [6.45, 7) is 6.85. The molecule has 0 spiro atoms. The van der Waals surface area contributed by atoms with E-state index in [-0.39, 0.29) is 17.8 Å². The van der Waals surface area contributed by atoms with Crippen LogP contribution in [-0.2, 0) is 16.8 Å². The van der Waals surface area contributed by atoms with Gasteiger partial charge in [0.25, 0.3) is 10.2 Å². The molecule has 1 fully saturated rings. The van der Waals surface area contributed by atoms with Crippen LogP contribution in [0.1, 0.15) is 54.6 Å². The van der Waals surface area contributed by atoms with Crippen molar-refractivity contribution in [3.63, 3.8) is 0 Å². The highest BCUT2D eigenvalue weighted by Crippen LogP contribution is 2.46. The first-order valence-electron chi connectivity index (χ1n) is 12.5. The van der Waals surface area contributed by atoms with E-state index in [1.54, 1.807) is 13.0 Å². The van der Waals surface area contributed by atoms with E-state index in [0.717, 1.165) is 39.8 Å². The Bertz CT molecular complexity index is 1550. The van der Waals surface area contributed by atoms with E-state index in [0.29, 0.717) is 24.5 Å². The van der Waals surface area contributed by atoms with Crippen molar-refractivity contribution in [2.45, 2.75) is 45.8 Å². The highest BCUT2D eigenvalue weighted by molar-refractivity contribution is 7.87. The molecule has 6 nitrogen and oxygen atoms in total. The quantitative estimate of drug-likeness (QED) is 0.310. The number of fused-ring (bicyclic) bond motifs is 1. The van der Waals surface area contributed by atoms with Gasteiger partial charge in [-0.3, -0.25) is 0 Å². The molecule has 2 heterocycles. The van der Waals surface area contributed by atoms with Crippen LogP contribution in [0, 0.1) is 12.7 Å². The van der Waals surface area contributed by atoms with Gasteiger partial charge in [-0.1, -0.05) is 44.2 Å². The van der Waals surface area contributed by atoms with Crippen LogP contribution in [0.4, 0.5) is 4.39 Å². The average Bonchev–Trinajstić information content (AvgIpc) is 3.18. The summed E-state index contributed by atoms with van der Waals surface area (Å²) < 4.78 is 52.1. The molecule has 5 rings (SSSR count). The van der Waals surface area contributed by atoms with E-state index in [1.807, 2.05) is 54.6 Å². The molecule has 194 valence electrons. The lowest BCUT2D eigenvalue weighted by Gasteiger charge is -2.40. The lowest BCUT2D eigenvalue weighted by molar-refractivity contribution is 0.200. The summed E-state index contributed by atoms with van der Waals surface area (Å²) in [4.78, 5) is 0. The monoisotopic (exact) mass is 521 g/mol. The van der Waals surface area contributed by atoms with Crippen LogP contribution in [-0.4, -0.2) is 30.9 Å². The molecule has 0 amide bonds. The van der Waals surface area contributed by atoms with Crippen molar-refractivity contribution in [2.75, 3.05) is 13.6 Å². The molecule has 1 aliphatic heterocycles. The van der Waals surface area contributed by atoms with Gasteiger partial charge in [0.15, 0.2) is 0 Å². The second-order valence-electron chi connectivity index (χ2n) is 9.80. The molecule has 1 atom stereocenters. The summed E-state index contributed by atoms with van der Waals surface area (Å²) in [5.74, 6) is 0.539. The van der Waals surface area contributed by atoms with Gasteiger partial charge in [0, 0.05) is 35.9 Å². The van der Waals surface area contributed by atoms with E-state index < -0.39 is 10.2 Å². The standard InChI is InChI=1S/C29H32FN3O3S/c1-19(2)29-28(27-14-15-32(27)37(34,35)31-4)24-17-23(36-18-21-8-6-5-7-9-21)11-13-26(24)33(29)22-10-12-25(30)20(3)16-22/h5-13,16-17,19,27,31H,14-15,18H2,1-4H3. The number of nitrogens with one attached hydrogen (secondary N) is 1. The first kappa shape index (κ1) is 25.4. The molecule has 1 N–H and O–H groups in total. The van der Waals surface area contributed by atoms with Gasteiger partial charge in [0.1, 0.15) is 18.2 Å². The Labute approximate surface area is 217 Å². The smallest absolute Gasteiger partial charge is 0.279 e. The van der Waals surface area contributed by atoms with Crippen molar-refractivity contribution in [3.05, 3.63) is 94.9 Å². The number of aryl methyl sites for hydroxylation is 1. The van der Waals surface area contributed by atoms with Crippen LogP contribution >= 0.6 is 0 Å². The normalized spacial score (nSPS) is 16.3. The fourth-order valence-corrected chi connectivity index (χ4v) is 6.29. The molecule has 8 heteroatoms. The van der Waals surface area contributed by atoms with Crippen molar-refractivity contribution in [2.24, 2.45) is 0 Å². The SMILES string of the molecule is CNS(=O)(=O)N1CCC1c1c(C(C)C)n(-c2ccc(F)c(C)c2)c2ccc(OCc3ccccc3)cc12. The molecule has 1 aliphatic rings. The first-order valence-corrected chi connectivity index (χ1v) is 14.0. The number of rotatable bonds is 8. The van der Waals surface area contributed by atoms with Gasteiger partial charge in [-0.25, -0.2) is 9.11 Å². The van der Waals surface area contributed by atoms with E-state index in [2.05, 4.69) is 23.1 Å². The molecular weight excluding hydrogens is 489 g/mol. The number of nitrogens with zero attached hydrogens (tertiary/aromatic N) is 2. The fourth-order valence-electron chi connectivity index (χ4n) is 5.17. The van der Waals surface area contributed by atoms with E-state index in [4.69, 9.17) is 4.74 Å². The topological polar surface area (TPSA) is 63.6 Å². The summed E-state index contributed by atoms with van der Waals surface area (Å²) in [7, 11) is -2.16. The largest absolute Gasteiger partial charge is 0.489 e. The van der Waals surface area contributed by atoms with Gasteiger partial charge in [-0.05, 0) is 66.8 Å². The second kappa shape index (κ2) is 9.93. The van der Waals surface area contributed by atoms with Gasteiger partial charge in [0.05, 0.1) is 11.6 Å². The second-order valence-corrected chi connectivity index (χ2v) is 11.6. The maximum atomic E-state index is 14.2. The third kappa shape index (κ3) is 4.65. The number of ether oxygens (including phenoxy) is 1. The molecule has 3 aromatic carbocycles. The highest BCUT2D eigenvalue weighted by Gasteiger charge is 2.41. The summed E-state index contributed by atoms with van der Waals surface area (Å²) in [5, 5.41) is 0.942. The Kier molecular flexibility index (Phi) is 6.83. The van der Waals surface area contributed by atoms with Gasteiger partial charge < -0.3 is 9.30 Å². The first-order chi connectivity index (χ1) is 17.7. The molecule has 1 unspecified atom stereocenters. The van der Waals surface area contributed by atoms with Crippen molar-refractivity contribution in [3.8, 4) is 11.4 Å². The number of halogens is 1. The summed E-state index contributed by atoms with van der Waals surface area (Å²) in [5.41, 5.74) is 5.39. The maximum absolute atomic E-state index is 14.2. The van der Waals surface area contributed by atoms with Gasteiger partial charge in [0.2, 0.25) is 0 Å². The van der Waals surface area contributed by atoms with E-state index in [1.165, 1.54) is 17.4 Å². The number of hydrogen-bond acceptors (Lipinski definition) is 3. The molecule has 1 saturated heterocycles. The van der Waals surface area contributed by atoms with E-state index in [9.17, 15) is 12.8 Å². The Morgan fingerprint density at radius 2 is 1.84 bits per heavy atom. The molecular formula is C29H32FN3O3S. The van der Waals surface area contributed by atoms with Crippen LogP contribution in [0.15, 0.2) is 66.7 Å². The zero-order valence-electron chi connectivity index (χ0n) is 21.5. The van der Waals surface area contributed by atoms with Crippen LogP contribution in [0.3, 0.4) is 0 Å². The highest BCUT2D eigenvalue weighted by atomic mass is 32.2. The number of benzene rings is 3. The summed E-state index contributed by atoms with van der Waals surface area (Å²) >= 11 is 0. The minimum atomic E-state index is -3.60. The Hall–Kier alpha value is -3.20. The lowest BCUT2D eigenvalue weighted by atomic mass is 9.91. The van der Waals surface area contributed by atoms with Crippen LogP contribution in [0.5, 0.6) is 5.75 Å². The molecule has 4 aromatic rings. The van der Waals surface area contributed by atoms with Crippen LogP contribution in [0.25, 0.3) is 16.6 Å². The van der Waals surface area contributed by atoms with Gasteiger partial charge in [-0.15, -0.1) is 0 Å². The van der Waals surface area contributed by atoms with Crippen molar-refractivity contribution >= 4 is 21.1 Å². The summed E-state index contributed by atoms with van der Waals surface area (Å²) in [6, 6.07) is 20.7. The van der Waals surface area contributed by atoms with Crippen LogP contribution in [0.2, 0.25) is 0 Å². The predicted molar refractivity (Wildman–Crippen MR) is 145 cm³/mol. The molecule has 0 radical (unpaired) electrons. The Balaban J connectivity index is 1.70. The van der Waals surface area contributed by atoms with Crippen molar-refractivity contribution in [1.29, 1.82) is 0 Å². The molecule has 0 saturated carbocycles. The number of hydrogen-bond donors (Lipinski definition) is 1. The molecule has 1 aromatic heterocycles. The minimum absolute atomic E-state index is 0.0844. The molecule has 37 heavy (non-hydrogen) atoms. The minimum Gasteiger partial charge on any atom is -0.489 e. The predicted octanol–water partition coefficient (Wildman–Crippen LogP) is 5.99. The van der Waals surface area contributed by atoms with Gasteiger partial charge >= 0.3 is 0 Å². The fraction of sp³-hybridized carbons (Fsp3) is 0.310. The maximum Gasteiger partial charge on any atom is 0.279 e. The molecule has 0 bridgehead atoms. The Morgan fingerprint density at radius 3 is 2.46 bits per heavy atom. The molecule has 0 aliphatic carbocycles. The summed E-state index contributed by atoms with van der Waals surface area (Å²) in [6.07, 6.45) is 0.720. The Morgan fingerprint density at radius 1 is 1.08 bits per heavy atom. The third-order valence-electron chi connectivity index (χ3n) is 7.08. The lowest BCUT2D eigenvalue weighted by Crippen LogP contribution is -2.49. The zero-order valence-corrected chi connectivity index (χ0v) is 22.3. The van der Waals surface area contributed by atoms with Crippen molar-refractivity contribution in [1.82, 2.24) is 13.6 Å². The third-order valence-corrected chi connectivity index (χ3v) is 8.65. The van der Waals surface area contributed by atoms with Crippen LogP contribution < -0.4 is 9.46 Å².